The maximum atomic E-state index is 12.0. The Labute approximate surface area is 153 Å². The van der Waals surface area contributed by atoms with Crippen molar-refractivity contribution in [3.63, 3.8) is 0 Å². The van der Waals surface area contributed by atoms with Gasteiger partial charge in [-0.15, -0.1) is 0 Å². The van der Waals surface area contributed by atoms with Crippen LogP contribution in [0.4, 0.5) is 5.69 Å². The van der Waals surface area contributed by atoms with Crippen molar-refractivity contribution in [3.8, 4) is 5.75 Å². The lowest BCUT2D eigenvalue weighted by Gasteiger charge is -2.09. The zero-order valence-corrected chi connectivity index (χ0v) is 15.4. The summed E-state index contributed by atoms with van der Waals surface area (Å²) in [6.45, 7) is -0.162. The van der Waals surface area contributed by atoms with E-state index in [-0.39, 0.29) is 12.5 Å². The van der Waals surface area contributed by atoms with E-state index < -0.39 is 5.63 Å². The Hall–Kier alpha value is -2.12. The fourth-order valence-electron chi connectivity index (χ4n) is 2.06. The number of fused-ring (bicyclic) bond motifs is 1. The standard InChI is InChI=1S/C17H11Br2NO4/c18-11-3-5-14(13(19)7-11)20-16(21)9-23-12-4-1-10-2-6-17(22)24-15(10)8-12/h1-8H,9H2,(H,20,21). The summed E-state index contributed by atoms with van der Waals surface area (Å²) in [5, 5.41) is 3.53. The molecule has 7 heteroatoms. The fourth-order valence-corrected chi connectivity index (χ4v) is 3.20. The van der Waals surface area contributed by atoms with Crippen molar-refractivity contribution in [3.05, 3.63) is 67.9 Å². The van der Waals surface area contributed by atoms with E-state index >= 15 is 0 Å². The molecule has 0 fully saturated rings. The number of benzene rings is 2. The van der Waals surface area contributed by atoms with E-state index in [1.165, 1.54) is 6.07 Å². The Morgan fingerprint density at radius 3 is 2.67 bits per heavy atom. The van der Waals surface area contributed by atoms with E-state index in [0.717, 1.165) is 14.3 Å². The molecule has 0 saturated carbocycles. The van der Waals surface area contributed by atoms with Crippen molar-refractivity contribution in [2.75, 3.05) is 11.9 Å². The average Bonchev–Trinajstić information content (AvgIpc) is 2.55. The van der Waals surface area contributed by atoms with Crippen LogP contribution in [0.1, 0.15) is 0 Å². The average molecular weight is 453 g/mol. The van der Waals surface area contributed by atoms with Gasteiger partial charge in [-0.1, -0.05) is 15.9 Å². The molecule has 0 aliphatic carbocycles. The summed E-state index contributed by atoms with van der Waals surface area (Å²) in [5.41, 5.74) is 0.629. The molecule has 0 spiro atoms. The van der Waals surface area contributed by atoms with Crippen LogP contribution in [0.5, 0.6) is 5.75 Å². The minimum Gasteiger partial charge on any atom is -0.484 e. The molecule has 0 bridgehead atoms. The summed E-state index contributed by atoms with van der Waals surface area (Å²) in [7, 11) is 0. The highest BCUT2D eigenvalue weighted by Gasteiger charge is 2.08. The monoisotopic (exact) mass is 451 g/mol. The SMILES string of the molecule is O=C(COc1ccc2ccc(=O)oc2c1)Nc1ccc(Br)cc1Br. The van der Waals surface area contributed by atoms with Gasteiger partial charge in [0.25, 0.3) is 5.91 Å². The predicted molar refractivity (Wildman–Crippen MR) is 98.5 cm³/mol. The van der Waals surface area contributed by atoms with Gasteiger partial charge in [0.05, 0.1) is 5.69 Å². The van der Waals surface area contributed by atoms with Gasteiger partial charge in [0.2, 0.25) is 0 Å². The smallest absolute Gasteiger partial charge is 0.336 e. The highest BCUT2D eigenvalue weighted by molar-refractivity contribution is 9.11. The lowest BCUT2D eigenvalue weighted by atomic mass is 10.2. The molecule has 122 valence electrons. The van der Waals surface area contributed by atoms with E-state index in [1.807, 2.05) is 12.1 Å². The Kier molecular flexibility index (Phi) is 5.01. The lowest BCUT2D eigenvalue weighted by Crippen LogP contribution is -2.20. The van der Waals surface area contributed by atoms with Crippen LogP contribution in [0.25, 0.3) is 11.0 Å². The van der Waals surface area contributed by atoms with Crippen LogP contribution in [0.15, 0.2) is 66.7 Å². The Balaban J connectivity index is 1.66. The number of carbonyl (C=O) groups excluding carboxylic acids is 1. The molecule has 1 N–H and O–H groups in total. The summed E-state index contributed by atoms with van der Waals surface area (Å²) in [6.07, 6.45) is 0. The van der Waals surface area contributed by atoms with Crippen LogP contribution in [0, 0.1) is 0 Å². The first-order valence-electron chi connectivity index (χ1n) is 6.93. The zero-order chi connectivity index (χ0) is 17.1. The molecule has 0 unspecified atom stereocenters. The van der Waals surface area contributed by atoms with Gasteiger partial charge in [0, 0.05) is 26.5 Å². The molecule has 0 atom stereocenters. The largest absolute Gasteiger partial charge is 0.484 e. The quantitative estimate of drug-likeness (QED) is 0.598. The second-order valence-electron chi connectivity index (χ2n) is 4.92. The van der Waals surface area contributed by atoms with Gasteiger partial charge in [-0.3, -0.25) is 4.79 Å². The lowest BCUT2D eigenvalue weighted by molar-refractivity contribution is -0.118. The molecule has 24 heavy (non-hydrogen) atoms. The molecule has 5 nitrogen and oxygen atoms in total. The second-order valence-corrected chi connectivity index (χ2v) is 6.69. The molecule has 1 aromatic heterocycles. The van der Waals surface area contributed by atoms with E-state index in [9.17, 15) is 9.59 Å². The van der Waals surface area contributed by atoms with Crippen molar-refractivity contribution in [1.29, 1.82) is 0 Å². The minimum atomic E-state index is -0.433. The molecule has 3 aromatic rings. The number of ether oxygens (including phenoxy) is 1. The van der Waals surface area contributed by atoms with Crippen molar-refractivity contribution >= 4 is 54.4 Å². The molecule has 1 heterocycles. The van der Waals surface area contributed by atoms with Gasteiger partial charge in [0.1, 0.15) is 11.3 Å². The summed E-state index contributed by atoms with van der Waals surface area (Å²) in [4.78, 5) is 23.2. The number of carbonyl (C=O) groups is 1. The summed E-state index contributed by atoms with van der Waals surface area (Å²) < 4.78 is 12.2. The Morgan fingerprint density at radius 1 is 1.08 bits per heavy atom. The maximum Gasteiger partial charge on any atom is 0.336 e. The van der Waals surface area contributed by atoms with E-state index in [2.05, 4.69) is 37.2 Å². The van der Waals surface area contributed by atoms with Crippen LogP contribution in [0.2, 0.25) is 0 Å². The van der Waals surface area contributed by atoms with E-state index in [1.54, 1.807) is 30.3 Å². The number of hydrogen-bond acceptors (Lipinski definition) is 4. The molecular formula is C17H11Br2NO4. The van der Waals surface area contributed by atoms with Gasteiger partial charge in [-0.25, -0.2) is 4.79 Å². The number of nitrogens with one attached hydrogen (secondary N) is 1. The van der Waals surface area contributed by atoms with Crippen LogP contribution in [-0.2, 0) is 4.79 Å². The van der Waals surface area contributed by atoms with E-state index in [4.69, 9.17) is 9.15 Å². The van der Waals surface area contributed by atoms with Crippen LogP contribution < -0.4 is 15.7 Å². The summed E-state index contributed by atoms with van der Waals surface area (Å²) in [5.74, 6) is 0.148. The number of halogens is 2. The fraction of sp³-hybridized carbons (Fsp3) is 0.0588. The van der Waals surface area contributed by atoms with Crippen molar-refractivity contribution in [2.45, 2.75) is 0 Å². The summed E-state index contributed by atoms with van der Waals surface area (Å²) >= 11 is 6.73. The van der Waals surface area contributed by atoms with Gasteiger partial charge >= 0.3 is 5.63 Å². The van der Waals surface area contributed by atoms with Crippen LogP contribution in [0.3, 0.4) is 0 Å². The van der Waals surface area contributed by atoms with Gasteiger partial charge in [0.15, 0.2) is 6.61 Å². The number of anilines is 1. The van der Waals surface area contributed by atoms with Gasteiger partial charge in [-0.05, 0) is 52.3 Å². The normalized spacial score (nSPS) is 10.6. The van der Waals surface area contributed by atoms with Gasteiger partial charge < -0.3 is 14.5 Å². The van der Waals surface area contributed by atoms with E-state index in [0.29, 0.717) is 17.0 Å². The topological polar surface area (TPSA) is 68.5 Å². The minimum absolute atomic E-state index is 0.162. The number of amides is 1. The zero-order valence-electron chi connectivity index (χ0n) is 12.2. The molecule has 0 aliphatic heterocycles. The Morgan fingerprint density at radius 2 is 1.88 bits per heavy atom. The van der Waals surface area contributed by atoms with Crippen LogP contribution >= 0.6 is 31.9 Å². The number of rotatable bonds is 4. The second kappa shape index (κ2) is 7.19. The van der Waals surface area contributed by atoms with Crippen molar-refractivity contribution < 1.29 is 13.9 Å². The first-order chi connectivity index (χ1) is 11.5. The highest BCUT2D eigenvalue weighted by Crippen LogP contribution is 2.26. The predicted octanol–water partition coefficient (Wildman–Crippen LogP) is 4.34. The first kappa shape index (κ1) is 16.7. The maximum absolute atomic E-state index is 12.0. The molecule has 0 radical (unpaired) electrons. The number of hydrogen-bond donors (Lipinski definition) is 1. The molecule has 2 aromatic carbocycles. The van der Waals surface area contributed by atoms with Crippen molar-refractivity contribution in [1.82, 2.24) is 0 Å². The molecule has 1 amide bonds. The first-order valence-corrected chi connectivity index (χ1v) is 8.51. The van der Waals surface area contributed by atoms with Crippen LogP contribution in [-0.4, -0.2) is 12.5 Å². The third kappa shape index (κ3) is 4.04. The molecule has 0 aliphatic rings. The third-order valence-corrected chi connectivity index (χ3v) is 4.32. The Bertz CT molecular complexity index is 968. The molecule has 0 saturated heterocycles. The summed E-state index contributed by atoms with van der Waals surface area (Å²) in [6, 6.07) is 13.5. The molecule has 3 rings (SSSR count). The molecular weight excluding hydrogens is 442 g/mol. The third-order valence-electron chi connectivity index (χ3n) is 3.17. The highest BCUT2D eigenvalue weighted by atomic mass is 79.9. The van der Waals surface area contributed by atoms with Crippen molar-refractivity contribution in [2.24, 2.45) is 0 Å². The van der Waals surface area contributed by atoms with Gasteiger partial charge in [-0.2, -0.15) is 0 Å².